The van der Waals surface area contributed by atoms with E-state index in [0.29, 0.717) is 17.3 Å². The molecule has 0 fully saturated rings. The van der Waals surface area contributed by atoms with Gasteiger partial charge < -0.3 is 0 Å². The summed E-state index contributed by atoms with van der Waals surface area (Å²) in [5, 5.41) is 0. The summed E-state index contributed by atoms with van der Waals surface area (Å²) in [6.45, 7) is 0. The van der Waals surface area contributed by atoms with Gasteiger partial charge in [-0.25, -0.2) is 0 Å². The Kier molecular flexibility index (Phi) is 2.08. The summed E-state index contributed by atoms with van der Waals surface area (Å²) in [4.78, 5) is 0. The van der Waals surface area contributed by atoms with Crippen LogP contribution in [-0.2, 0) is 12.8 Å². The molecule has 110 valence electrons. The molecule has 0 heteroatoms. The smallest absolute Gasteiger partial charge is 0.0167 e. The van der Waals surface area contributed by atoms with Gasteiger partial charge in [0.15, 0.2) is 0 Å². The van der Waals surface area contributed by atoms with Crippen molar-refractivity contribution in [2.75, 3.05) is 0 Å². The van der Waals surface area contributed by atoms with Gasteiger partial charge in [-0.1, -0.05) is 72.8 Å². The number of fused-ring (bicyclic) bond motifs is 7. The molecule has 3 aliphatic carbocycles. The molecule has 0 bridgehead atoms. The fraction of sp³-hybridized carbons (Fsp3) is 0.217. The van der Waals surface area contributed by atoms with Crippen LogP contribution in [0, 0.1) is 5.41 Å². The second-order valence-corrected chi connectivity index (χ2v) is 7.48. The van der Waals surface area contributed by atoms with Crippen LogP contribution >= 0.6 is 0 Å². The Hall–Kier alpha value is -2.34. The zero-order valence-electron chi connectivity index (χ0n) is 13.0. The molecular formula is C23H18. The molecule has 3 aromatic rings. The van der Waals surface area contributed by atoms with E-state index in [2.05, 4.69) is 72.8 Å². The van der Waals surface area contributed by atoms with Crippen LogP contribution in [0.5, 0.6) is 0 Å². The van der Waals surface area contributed by atoms with E-state index in [1.807, 2.05) is 0 Å². The first-order valence-electron chi connectivity index (χ1n) is 8.63. The minimum Gasteiger partial charge on any atom is -0.0620 e. The predicted octanol–water partition coefficient (Wildman–Crippen LogP) is 5.06. The van der Waals surface area contributed by atoms with Crippen molar-refractivity contribution in [3.8, 4) is 0 Å². The molecule has 3 aliphatic rings. The van der Waals surface area contributed by atoms with Crippen molar-refractivity contribution in [1.29, 1.82) is 0 Å². The van der Waals surface area contributed by atoms with E-state index in [4.69, 9.17) is 0 Å². The number of rotatable bonds is 0. The van der Waals surface area contributed by atoms with Gasteiger partial charge in [-0.3, -0.25) is 0 Å². The lowest BCUT2D eigenvalue weighted by molar-refractivity contribution is 0.281. The van der Waals surface area contributed by atoms with Gasteiger partial charge in [0.2, 0.25) is 0 Å². The van der Waals surface area contributed by atoms with Crippen molar-refractivity contribution in [1.82, 2.24) is 0 Å². The molecule has 0 aromatic heterocycles. The van der Waals surface area contributed by atoms with Crippen molar-refractivity contribution >= 4 is 0 Å². The lowest BCUT2D eigenvalue weighted by Crippen LogP contribution is -2.26. The first-order valence-corrected chi connectivity index (χ1v) is 8.63. The Morgan fingerprint density at radius 2 is 0.913 bits per heavy atom. The first kappa shape index (κ1) is 12.1. The van der Waals surface area contributed by atoms with E-state index in [9.17, 15) is 0 Å². The second kappa shape index (κ2) is 3.94. The maximum absolute atomic E-state index is 2.38. The van der Waals surface area contributed by atoms with E-state index in [1.165, 1.54) is 12.8 Å². The van der Waals surface area contributed by atoms with Crippen LogP contribution in [0.15, 0.2) is 72.8 Å². The molecule has 0 heterocycles. The van der Waals surface area contributed by atoms with Gasteiger partial charge >= 0.3 is 0 Å². The van der Waals surface area contributed by atoms with E-state index in [0.717, 1.165) is 0 Å². The summed E-state index contributed by atoms with van der Waals surface area (Å²) >= 11 is 0. The molecule has 2 atom stereocenters. The Labute approximate surface area is 136 Å². The minimum atomic E-state index is 0.344. The molecule has 6 rings (SSSR count). The minimum absolute atomic E-state index is 0.344. The van der Waals surface area contributed by atoms with Crippen molar-refractivity contribution in [2.24, 2.45) is 5.41 Å². The zero-order chi connectivity index (χ0) is 15.0. The molecule has 23 heavy (non-hydrogen) atoms. The van der Waals surface area contributed by atoms with Gasteiger partial charge in [0, 0.05) is 17.3 Å². The molecule has 0 amide bonds. The third-order valence-electron chi connectivity index (χ3n) is 6.54. The summed E-state index contributed by atoms with van der Waals surface area (Å²) < 4.78 is 0. The van der Waals surface area contributed by atoms with Crippen molar-refractivity contribution < 1.29 is 0 Å². The summed E-state index contributed by atoms with van der Waals surface area (Å²) in [5.41, 5.74) is 9.81. The molecule has 0 saturated heterocycles. The highest BCUT2D eigenvalue weighted by Gasteiger charge is 2.60. The van der Waals surface area contributed by atoms with Crippen LogP contribution in [0.3, 0.4) is 0 Å². The predicted molar refractivity (Wildman–Crippen MR) is 92.9 cm³/mol. The van der Waals surface area contributed by atoms with Crippen molar-refractivity contribution in [2.45, 2.75) is 24.7 Å². The summed E-state index contributed by atoms with van der Waals surface area (Å²) in [6.07, 6.45) is 2.45. The van der Waals surface area contributed by atoms with Crippen LogP contribution in [0.25, 0.3) is 0 Å². The molecule has 0 radical (unpaired) electrons. The highest BCUT2D eigenvalue weighted by Crippen LogP contribution is 2.69. The second-order valence-electron chi connectivity index (χ2n) is 7.48. The van der Waals surface area contributed by atoms with Gasteiger partial charge in [-0.15, -0.1) is 0 Å². The van der Waals surface area contributed by atoms with E-state index >= 15 is 0 Å². The molecular weight excluding hydrogens is 276 g/mol. The van der Waals surface area contributed by atoms with E-state index in [-0.39, 0.29) is 0 Å². The molecule has 0 aliphatic heterocycles. The third kappa shape index (κ3) is 1.30. The third-order valence-corrected chi connectivity index (χ3v) is 6.54. The summed E-state index contributed by atoms with van der Waals surface area (Å²) in [6, 6.07) is 27.5. The highest BCUT2D eigenvalue weighted by molar-refractivity contribution is 5.62. The SMILES string of the molecule is c1ccc2c(c1)CC13Cc4ccccc4C1c1ccccc1C23. The Morgan fingerprint density at radius 3 is 1.39 bits per heavy atom. The fourth-order valence-electron chi connectivity index (χ4n) is 5.91. The highest BCUT2D eigenvalue weighted by atomic mass is 14.6. The van der Waals surface area contributed by atoms with Gasteiger partial charge in [0.05, 0.1) is 0 Å². The lowest BCUT2D eigenvalue weighted by Gasteiger charge is -2.30. The van der Waals surface area contributed by atoms with Crippen molar-refractivity contribution in [3.05, 3.63) is 106 Å². The molecule has 3 aromatic carbocycles. The largest absolute Gasteiger partial charge is 0.0620 e. The number of hydrogen-bond acceptors (Lipinski definition) is 0. The Balaban J connectivity index is 1.70. The fourth-order valence-corrected chi connectivity index (χ4v) is 5.91. The van der Waals surface area contributed by atoms with Crippen LogP contribution in [0.2, 0.25) is 0 Å². The maximum atomic E-state index is 2.38. The van der Waals surface area contributed by atoms with Crippen molar-refractivity contribution in [3.63, 3.8) is 0 Å². The maximum Gasteiger partial charge on any atom is 0.0167 e. The van der Waals surface area contributed by atoms with Gasteiger partial charge in [0.25, 0.3) is 0 Å². The molecule has 0 saturated carbocycles. The topological polar surface area (TPSA) is 0 Å². The zero-order valence-corrected chi connectivity index (χ0v) is 13.0. The summed E-state index contributed by atoms with van der Waals surface area (Å²) in [7, 11) is 0. The van der Waals surface area contributed by atoms with E-state index < -0.39 is 0 Å². The quantitative estimate of drug-likeness (QED) is 0.543. The lowest BCUT2D eigenvalue weighted by atomic mass is 9.71. The molecule has 0 nitrogen and oxygen atoms in total. The van der Waals surface area contributed by atoms with Gasteiger partial charge in [-0.05, 0) is 46.2 Å². The first-order chi connectivity index (χ1) is 11.4. The molecule has 2 unspecified atom stereocenters. The van der Waals surface area contributed by atoms with Crippen LogP contribution < -0.4 is 0 Å². The number of hydrogen-bond donors (Lipinski definition) is 0. The van der Waals surface area contributed by atoms with Crippen LogP contribution in [0.4, 0.5) is 0 Å². The normalized spacial score (nSPS) is 28.7. The van der Waals surface area contributed by atoms with Crippen LogP contribution in [-0.4, -0.2) is 0 Å². The van der Waals surface area contributed by atoms with Crippen LogP contribution in [0.1, 0.15) is 45.2 Å². The average molecular weight is 294 g/mol. The summed E-state index contributed by atoms with van der Waals surface area (Å²) in [5.74, 6) is 1.15. The Bertz CT molecular complexity index is 871. The molecule has 1 spiro atoms. The molecule has 0 N–H and O–H groups in total. The van der Waals surface area contributed by atoms with Gasteiger partial charge in [0.1, 0.15) is 0 Å². The van der Waals surface area contributed by atoms with E-state index in [1.54, 1.807) is 33.4 Å². The van der Waals surface area contributed by atoms with Gasteiger partial charge in [-0.2, -0.15) is 0 Å². The Morgan fingerprint density at radius 1 is 0.522 bits per heavy atom. The monoisotopic (exact) mass is 294 g/mol. The standard InChI is InChI=1S/C23H18/c1-3-9-17-15(7-1)13-23-14-16-8-2-4-10-18(16)22(23)20-12-6-5-11-19(20)21(17)23/h1-12,21-22H,13-14H2. The number of benzene rings is 3. The average Bonchev–Trinajstić information content (AvgIpc) is 3.16.